The minimum Gasteiger partial charge on any atom is -0.302 e. The van der Waals surface area contributed by atoms with Crippen molar-refractivity contribution >= 4 is 0 Å². The molecule has 1 saturated heterocycles. The maximum absolute atomic E-state index is 11.7. The maximum atomic E-state index is 11.7. The molecule has 2 heterocycles. The Morgan fingerprint density at radius 1 is 1.35 bits per heavy atom. The zero-order valence-corrected chi connectivity index (χ0v) is 10.5. The molecule has 0 aliphatic carbocycles. The Bertz CT molecular complexity index is 483. The number of hydrogen-bond donors (Lipinski definition) is 0. The molecule has 1 aliphatic rings. The normalized spacial score (nSPS) is 17.8. The topological polar surface area (TPSA) is 30.2 Å². The molecule has 0 saturated carbocycles. The summed E-state index contributed by atoms with van der Waals surface area (Å²) in [5.41, 5.74) is -0.00651. The average molecular weight is 233 g/mol. The first kappa shape index (κ1) is 12.0. The third-order valence-electron chi connectivity index (χ3n) is 3.20. The van der Waals surface area contributed by atoms with Gasteiger partial charge >= 0.3 is 5.69 Å². The van der Waals surface area contributed by atoms with Crippen LogP contribution in [0.25, 0.3) is 0 Å². The van der Waals surface area contributed by atoms with Crippen molar-refractivity contribution in [2.24, 2.45) is 7.05 Å². The lowest BCUT2D eigenvalue weighted by Gasteiger charge is -2.09. The van der Waals surface area contributed by atoms with Crippen LogP contribution in [0.4, 0.5) is 0 Å². The highest BCUT2D eigenvalue weighted by molar-refractivity contribution is 5.08. The molecule has 1 aromatic heterocycles. The smallest absolute Gasteiger partial charge is 0.302 e. The van der Waals surface area contributed by atoms with Gasteiger partial charge in [0.2, 0.25) is 0 Å². The Labute approximate surface area is 102 Å². The van der Waals surface area contributed by atoms with E-state index in [0.29, 0.717) is 0 Å². The molecule has 17 heavy (non-hydrogen) atoms. The largest absolute Gasteiger partial charge is 0.328 e. The van der Waals surface area contributed by atoms with Crippen molar-refractivity contribution in [2.75, 3.05) is 19.6 Å². The van der Waals surface area contributed by atoms with Gasteiger partial charge in [-0.25, -0.2) is 4.79 Å². The number of aryl methyl sites for hydroxylation is 1. The molecule has 4 nitrogen and oxygen atoms in total. The fourth-order valence-electron chi connectivity index (χ4n) is 2.09. The first-order valence-corrected chi connectivity index (χ1v) is 6.12. The van der Waals surface area contributed by atoms with E-state index in [0.717, 1.165) is 19.6 Å². The molecule has 1 atom stereocenters. The monoisotopic (exact) mass is 233 g/mol. The molecule has 0 bridgehead atoms. The van der Waals surface area contributed by atoms with Crippen LogP contribution in [0.15, 0.2) is 17.2 Å². The molecule has 92 valence electrons. The number of aromatic nitrogens is 2. The number of imidazole rings is 1. The molecular weight excluding hydrogens is 214 g/mol. The summed E-state index contributed by atoms with van der Waals surface area (Å²) in [6.45, 7) is 5.10. The lowest BCUT2D eigenvalue weighted by molar-refractivity contribution is 0.383. The molecule has 1 unspecified atom stereocenters. The summed E-state index contributed by atoms with van der Waals surface area (Å²) in [7, 11) is 1.75. The van der Waals surface area contributed by atoms with Crippen molar-refractivity contribution in [3.63, 3.8) is 0 Å². The minimum atomic E-state index is -0.0497. The summed E-state index contributed by atoms with van der Waals surface area (Å²) in [5, 5.41) is 0. The summed E-state index contributed by atoms with van der Waals surface area (Å²) in [5.74, 6) is 6.31. The quantitative estimate of drug-likeness (QED) is 0.709. The highest BCUT2D eigenvalue weighted by Crippen LogP contribution is 2.06. The predicted molar refractivity (Wildman–Crippen MR) is 67.8 cm³/mol. The molecule has 2 rings (SSSR count). The molecule has 0 aromatic carbocycles. The van der Waals surface area contributed by atoms with Gasteiger partial charge in [-0.1, -0.05) is 11.8 Å². The minimum absolute atomic E-state index is 0.00651. The van der Waals surface area contributed by atoms with Crippen molar-refractivity contribution in [3.05, 3.63) is 22.9 Å². The zero-order valence-electron chi connectivity index (χ0n) is 10.5. The van der Waals surface area contributed by atoms with E-state index < -0.39 is 0 Å². The van der Waals surface area contributed by atoms with Crippen molar-refractivity contribution in [1.29, 1.82) is 0 Å². The van der Waals surface area contributed by atoms with Crippen LogP contribution >= 0.6 is 0 Å². The molecule has 4 heteroatoms. The van der Waals surface area contributed by atoms with E-state index in [9.17, 15) is 4.79 Å². The molecule has 0 radical (unpaired) electrons. The second-order valence-corrected chi connectivity index (χ2v) is 4.58. The van der Waals surface area contributed by atoms with Gasteiger partial charge in [-0.15, -0.1) is 0 Å². The summed E-state index contributed by atoms with van der Waals surface area (Å²) in [6.07, 6.45) is 6.13. The summed E-state index contributed by atoms with van der Waals surface area (Å²) in [4.78, 5) is 14.0. The van der Waals surface area contributed by atoms with Crippen LogP contribution in [0.3, 0.4) is 0 Å². The lowest BCUT2D eigenvalue weighted by Crippen LogP contribution is -2.24. The van der Waals surface area contributed by atoms with Gasteiger partial charge in [-0.3, -0.25) is 9.47 Å². The van der Waals surface area contributed by atoms with Crippen LogP contribution in [0, 0.1) is 11.8 Å². The fraction of sp³-hybridized carbons (Fsp3) is 0.615. The second kappa shape index (κ2) is 5.24. The second-order valence-electron chi connectivity index (χ2n) is 4.58. The van der Waals surface area contributed by atoms with Crippen LogP contribution in [-0.2, 0) is 7.05 Å². The molecular formula is C13H19N3O. The predicted octanol–water partition coefficient (Wildman–Crippen LogP) is 0.847. The van der Waals surface area contributed by atoms with Gasteiger partial charge in [0, 0.05) is 19.4 Å². The van der Waals surface area contributed by atoms with Crippen molar-refractivity contribution in [2.45, 2.75) is 25.8 Å². The standard InChI is InChI=1S/C13H19N3O/c1-12(16-11-10-14(2)13(16)17)6-5-9-15-7-3-4-8-15/h10-12H,3-4,7-9H2,1-2H3. The number of nitrogens with zero attached hydrogens (tertiary/aromatic N) is 3. The van der Waals surface area contributed by atoms with Gasteiger partial charge in [-0.2, -0.15) is 0 Å². The van der Waals surface area contributed by atoms with Crippen molar-refractivity contribution in [1.82, 2.24) is 14.0 Å². The SMILES string of the molecule is CC(C#CCN1CCCC1)n1ccn(C)c1=O. The number of rotatable bonds is 2. The van der Waals surface area contributed by atoms with Crippen LogP contribution < -0.4 is 5.69 Å². The molecule has 1 aliphatic heterocycles. The molecule has 1 fully saturated rings. The van der Waals surface area contributed by atoms with Crippen LogP contribution in [0.1, 0.15) is 25.8 Å². The zero-order chi connectivity index (χ0) is 12.3. The van der Waals surface area contributed by atoms with E-state index in [2.05, 4.69) is 16.7 Å². The number of likely N-dealkylation sites (tertiary alicyclic amines) is 1. The van der Waals surface area contributed by atoms with E-state index in [1.807, 2.05) is 6.92 Å². The highest BCUT2D eigenvalue weighted by atomic mass is 16.1. The molecule has 0 amide bonds. The Morgan fingerprint density at radius 3 is 2.65 bits per heavy atom. The van der Waals surface area contributed by atoms with Gasteiger partial charge in [0.05, 0.1) is 12.6 Å². The lowest BCUT2D eigenvalue weighted by atomic mass is 10.3. The van der Waals surface area contributed by atoms with Crippen molar-refractivity contribution in [3.8, 4) is 11.8 Å². The van der Waals surface area contributed by atoms with Gasteiger partial charge in [0.1, 0.15) is 0 Å². The van der Waals surface area contributed by atoms with Crippen molar-refractivity contribution < 1.29 is 0 Å². The van der Waals surface area contributed by atoms with Crippen LogP contribution in [0.5, 0.6) is 0 Å². The van der Waals surface area contributed by atoms with E-state index >= 15 is 0 Å². The summed E-state index contributed by atoms with van der Waals surface area (Å²) >= 11 is 0. The van der Waals surface area contributed by atoms with E-state index in [4.69, 9.17) is 0 Å². The average Bonchev–Trinajstić information content (AvgIpc) is 2.91. The van der Waals surface area contributed by atoms with Gasteiger partial charge in [0.15, 0.2) is 0 Å². The molecule has 0 spiro atoms. The summed E-state index contributed by atoms with van der Waals surface area (Å²) in [6, 6.07) is -0.0497. The van der Waals surface area contributed by atoms with E-state index in [1.54, 1.807) is 28.6 Å². The first-order chi connectivity index (χ1) is 8.18. The van der Waals surface area contributed by atoms with Gasteiger partial charge in [-0.05, 0) is 32.9 Å². The third-order valence-corrected chi connectivity index (χ3v) is 3.20. The Hall–Kier alpha value is -1.47. The summed E-state index contributed by atoms with van der Waals surface area (Å²) < 4.78 is 3.23. The third kappa shape index (κ3) is 2.80. The molecule has 0 N–H and O–H groups in total. The Kier molecular flexibility index (Phi) is 3.70. The maximum Gasteiger partial charge on any atom is 0.328 e. The van der Waals surface area contributed by atoms with Crippen LogP contribution in [0.2, 0.25) is 0 Å². The molecule has 1 aromatic rings. The van der Waals surface area contributed by atoms with Gasteiger partial charge in [0.25, 0.3) is 0 Å². The Balaban J connectivity index is 1.96. The van der Waals surface area contributed by atoms with E-state index in [-0.39, 0.29) is 11.7 Å². The Morgan fingerprint density at radius 2 is 2.06 bits per heavy atom. The number of hydrogen-bond acceptors (Lipinski definition) is 2. The van der Waals surface area contributed by atoms with E-state index in [1.165, 1.54) is 12.8 Å². The fourth-order valence-corrected chi connectivity index (χ4v) is 2.09. The van der Waals surface area contributed by atoms with Crippen LogP contribution in [-0.4, -0.2) is 33.7 Å². The first-order valence-electron chi connectivity index (χ1n) is 6.12. The van der Waals surface area contributed by atoms with Gasteiger partial charge < -0.3 is 4.57 Å². The highest BCUT2D eigenvalue weighted by Gasteiger charge is 2.09.